The zero-order valence-corrected chi connectivity index (χ0v) is 14.2. The van der Waals surface area contributed by atoms with Crippen LogP contribution in [-0.2, 0) is 0 Å². The average Bonchev–Trinajstić information content (AvgIpc) is 3.15. The van der Waals surface area contributed by atoms with Gasteiger partial charge in [0.1, 0.15) is 0 Å². The molecule has 0 aromatic heterocycles. The minimum Gasteiger partial charge on any atom is -0.312 e. The molecule has 0 aromatic rings. The second kappa shape index (κ2) is 7.97. The van der Waals surface area contributed by atoms with Crippen molar-refractivity contribution < 1.29 is 0 Å². The largest absolute Gasteiger partial charge is 0.312 e. The molecule has 21 heavy (non-hydrogen) atoms. The van der Waals surface area contributed by atoms with Gasteiger partial charge in [0.2, 0.25) is 0 Å². The van der Waals surface area contributed by atoms with Crippen molar-refractivity contribution >= 4 is 0 Å². The molecule has 3 aliphatic rings. The van der Waals surface area contributed by atoms with Crippen molar-refractivity contribution in [1.82, 2.24) is 10.2 Å². The van der Waals surface area contributed by atoms with Gasteiger partial charge in [0.15, 0.2) is 0 Å². The predicted octanol–water partition coefficient (Wildman–Crippen LogP) is 4.06. The van der Waals surface area contributed by atoms with Gasteiger partial charge in [-0.1, -0.05) is 32.6 Å². The van der Waals surface area contributed by atoms with E-state index in [0.717, 1.165) is 23.8 Å². The molecule has 1 heterocycles. The Morgan fingerprint density at radius 2 is 1.76 bits per heavy atom. The van der Waals surface area contributed by atoms with E-state index in [1.807, 2.05) is 0 Å². The Hall–Kier alpha value is -0.0800. The third kappa shape index (κ3) is 5.25. The lowest BCUT2D eigenvalue weighted by molar-refractivity contribution is 0.127. The smallest absolute Gasteiger partial charge is 0.0198 e. The topological polar surface area (TPSA) is 15.3 Å². The van der Waals surface area contributed by atoms with Crippen LogP contribution in [0.5, 0.6) is 0 Å². The number of hydrogen-bond acceptors (Lipinski definition) is 2. The lowest BCUT2D eigenvalue weighted by Gasteiger charge is -2.39. The van der Waals surface area contributed by atoms with E-state index in [0.29, 0.717) is 0 Å². The Kier molecular flexibility index (Phi) is 5.99. The Balaban J connectivity index is 1.45. The number of hydrogen-bond donors (Lipinski definition) is 1. The fraction of sp³-hybridized carbons (Fsp3) is 1.00. The van der Waals surface area contributed by atoms with E-state index in [2.05, 4.69) is 17.1 Å². The van der Waals surface area contributed by atoms with Gasteiger partial charge in [0, 0.05) is 25.7 Å². The molecule has 2 saturated carbocycles. The van der Waals surface area contributed by atoms with Crippen molar-refractivity contribution in [3.05, 3.63) is 0 Å². The van der Waals surface area contributed by atoms with Gasteiger partial charge in [0.25, 0.3) is 0 Å². The van der Waals surface area contributed by atoms with Gasteiger partial charge in [-0.05, 0) is 62.8 Å². The van der Waals surface area contributed by atoms with Crippen LogP contribution in [0.3, 0.4) is 0 Å². The van der Waals surface area contributed by atoms with Crippen LogP contribution >= 0.6 is 0 Å². The first kappa shape index (κ1) is 15.8. The first-order chi connectivity index (χ1) is 10.3. The molecular formula is C19H36N2. The summed E-state index contributed by atoms with van der Waals surface area (Å²) in [5.41, 5.74) is 0. The molecule has 1 saturated heterocycles. The SMILES string of the molecule is CCCCC1CC(NCC2CCCC2)CN(CC2CC2)C1. The minimum absolute atomic E-state index is 0.778. The summed E-state index contributed by atoms with van der Waals surface area (Å²) in [4.78, 5) is 2.80. The Morgan fingerprint density at radius 1 is 0.952 bits per heavy atom. The molecule has 1 aliphatic heterocycles. The molecule has 2 heteroatoms. The predicted molar refractivity (Wildman–Crippen MR) is 90.5 cm³/mol. The molecule has 2 aliphatic carbocycles. The maximum atomic E-state index is 3.95. The molecule has 0 bridgehead atoms. The zero-order chi connectivity index (χ0) is 14.5. The third-order valence-electron chi connectivity index (χ3n) is 5.96. The molecule has 0 radical (unpaired) electrons. The van der Waals surface area contributed by atoms with Crippen LogP contribution in [-0.4, -0.2) is 37.1 Å². The van der Waals surface area contributed by atoms with E-state index in [9.17, 15) is 0 Å². The van der Waals surface area contributed by atoms with Crippen molar-refractivity contribution in [2.45, 2.75) is 77.2 Å². The number of likely N-dealkylation sites (tertiary alicyclic amines) is 1. The van der Waals surface area contributed by atoms with Crippen molar-refractivity contribution in [3.8, 4) is 0 Å². The van der Waals surface area contributed by atoms with Crippen molar-refractivity contribution in [2.24, 2.45) is 17.8 Å². The maximum absolute atomic E-state index is 3.95. The molecule has 2 nitrogen and oxygen atoms in total. The molecule has 122 valence electrons. The third-order valence-corrected chi connectivity index (χ3v) is 5.96. The fourth-order valence-corrected chi connectivity index (χ4v) is 4.52. The molecule has 0 spiro atoms. The van der Waals surface area contributed by atoms with Gasteiger partial charge >= 0.3 is 0 Å². The van der Waals surface area contributed by atoms with Gasteiger partial charge < -0.3 is 10.2 Å². The van der Waals surface area contributed by atoms with E-state index in [4.69, 9.17) is 0 Å². The Bertz CT molecular complexity index is 294. The first-order valence-corrected chi connectivity index (χ1v) is 9.79. The molecule has 0 aromatic carbocycles. The first-order valence-electron chi connectivity index (χ1n) is 9.79. The van der Waals surface area contributed by atoms with Gasteiger partial charge in [-0.2, -0.15) is 0 Å². The highest BCUT2D eigenvalue weighted by molar-refractivity contribution is 4.87. The highest BCUT2D eigenvalue weighted by atomic mass is 15.2. The fourth-order valence-electron chi connectivity index (χ4n) is 4.52. The van der Waals surface area contributed by atoms with Crippen LogP contribution in [0.2, 0.25) is 0 Å². The molecule has 1 N–H and O–H groups in total. The van der Waals surface area contributed by atoms with Crippen LogP contribution in [0.1, 0.15) is 71.1 Å². The normalized spacial score (nSPS) is 31.9. The zero-order valence-electron chi connectivity index (χ0n) is 14.2. The quantitative estimate of drug-likeness (QED) is 0.726. The monoisotopic (exact) mass is 292 g/mol. The lowest BCUT2D eigenvalue weighted by Crippen LogP contribution is -2.50. The Morgan fingerprint density at radius 3 is 2.48 bits per heavy atom. The van der Waals surface area contributed by atoms with Crippen LogP contribution < -0.4 is 5.32 Å². The van der Waals surface area contributed by atoms with E-state index >= 15 is 0 Å². The van der Waals surface area contributed by atoms with Crippen LogP contribution in [0.15, 0.2) is 0 Å². The molecule has 2 atom stereocenters. The van der Waals surface area contributed by atoms with Gasteiger partial charge in [-0.15, -0.1) is 0 Å². The number of piperidine rings is 1. The van der Waals surface area contributed by atoms with E-state index in [-0.39, 0.29) is 0 Å². The van der Waals surface area contributed by atoms with Crippen LogP contribution in [0.25, 0.3) is 0 Å². The number of nitrogens with zero attached hydrogens (tertiary/aromatic N) is 1. The highest BCUT2D eigenvalue weighted by Gasteiger charge is 2.31. The standard InChI is InChI=1S/C19H36N2/c1-2-3-6-18-11-19(20-12-16-7-4-5-8-16)15-21(14-18)13-17-9-10-17/h16-20H,2-15H2,1H3. The van der Waals surface area contributed by atoms with Gasteiger partial charge in [-0.3, -0.25) is 0 Å². The van der Waals surface area contributed by atoms with Gasteiger partial charge in [-0.25, -0.2) is 0 Å². The second-order valence-electron chi connectivity index (χ2n) is 8.16. The summed E-state index contributed by atoms with van der Waals surface area (Å²) in [6.07, 6.45) is 14.6. The average molecular weight is 293 g/mol. The molecule has 3 fully saturated rings. The van der Waals surface area contributed by atoms with Crippen LogP contribution in [0.4, 0.5) is 0 Å². The summed E-state index contributed by atoms with van der Waals surface area (Å²) >= 11 is 0. The Labute approximate surface area is 132 Å². The number of rotatable bonds is 8. The van der Waals surface area contributed by atoms with Crippen molar-refractivity contribution in [1.29, 1.82) is 0 Å². The summed E-state index contributed by atoms with van der Waals surface area (Å²) in [6, 6.07) is 0.778. The summed E-state index contributed by atoms with van der Waals surface area (Å²) in [7, 11) is 0. The summed E-state index contributed by atoms with van der Waals surface area (Å²) < 4.78 is 0. The van der Waals surface area contributed by atoms with E-state index in [1.54, 1.807) is 0 Å². The van der Waals surface area contributed by atoms with E-state index < -0.39 is 0 Å². The van der Waals surface area contributed by atoms with Crippen LogP contribution in [0, 0.1) is 17.8 Å². The molecular weight excluding hydrogens is 256 g/mol. The summed E-state index contributed by atoms with van der Waals surface area (Å²) in [5, 5.41) is 3.95. The molecule has 3 rings (SSSR count). The number of nitrogens with one attached hydrogen (secondary N) is 1. The number of unbranched alkanes of at least 4 members (excludes halogenated alkanes) is 1. The molecule has 0 amide bonds. The minimum atomic E-state index is 0.778. The second-order valence-corrected chi connectivity index (χ2v) is 8.16. The summed E-state index contributed by atoms with van der Waals surface area (Å²) in [5.74, 6) is 2.99. The van der Waals surface area contributed by atoms with Gasteiger partial charge in [0.05, 0.1) is 0 Å². The molecule has 2 unspecified atom stereocenters. The highest BCUT2D eigenvalue weighted by Crippen LogP contribution is 2.32. The van der Waals surface area contributed by atoms with E-state index in [1.165, 1.54) is 90.4 Å². The van der Waals surface area contributed by atoms with Crippen molar-refractivity contribution in [3.63, 3.8) is 0 Å². The van der Waals surface area contributed by atoms with Crippen molar-refractivity contribution in [2.75, 3.05) is 26.2 Å². The lowest BCUT2D eigenvalue weighted by atomic mass is 9.89. The maximum Gasteiger partial charge on any atom is 0.0198 e. The summed E-state index contributed by atoms with van der Waals surface area (Å²) in [6.45, 7) is 7.73.